The van der Waals surface area contributed by atoms with Crippen LogP contribution in [-0.2, 0) is 17.7 Å². The van der Waals surface area contributed by atoms with Gasteiger partial charge in [-0.1, -0.05) is 30.3 Å². The minimum atomic E-state index is -0.852. The molecule has 2 N–H and O–H groups in total. The number of nitrogens with zero attached hydrogens (tertiary/aromatic N) is 1. The third kappa shape index (κ3) is 4.24. The van der Waals surface area contributed by atoms with Gasteiger partial charge in [-0.2, -0.15) is 0 Å². The van der Waals surface area contributed by atoms with Crippen molar-refractivity contribution in [2.45, 2.75) is 31.4 Å². The van der Waals surface area contributed by atoms with E-state index in [0.29, 0.717) is 31.7 Å². The molecule has 2 aromatic rings. The summed E-state index contributed by atoms with van der Waals surface area (Å²) < 4.78 is 7.21. The maximum absolute atomic E-state index is 12.4. The van der Waals surface area contributed by atoms with Crippen molar-refractivity contribution in [1.29, 1.82) is 0 Å². The van der Waals surface area contributed by atoms with Crippen LogP contribution in [0, 0.1) is 0 Å². The molecule has 24 heavy (non-hydrogen) atoms. The molecule has 5 nitrogen and oxygen atoms in total. The van der Waals surface area contributed by atoms with E-state index < -0.39 is 5.60 Å². The topological polar surface area (TPSA) is 63.5 Å². The first-order valence-corrected chi connectivity index (χ1v) is 8.44. The number of carbonyl (C=O) groups excluding carboxylic acids is 1. The predicted octanol–water partition coefficient (Wildman–Crippen LogP) is 2.00. The van der Waals surface area contributed by atoms with Crippen molar-refractivity contribution in [2.75, 3.05) is 19.8 Å². The molecule has 2 heterocycles. The van der Waals surface area contributed by atoms with Gasteiger partial charge in [-0.15, -0.1) is 0 Å². The van der Waals surface area contributed by atoms with Gasteiger partial charge in [0.2, 0.25) is 0 Å². The molecule has 128 valence electrons. The summed E-state index contributed by atoms with van der Waals surface area (Å²) in [5.74, 6) is -0.145. The van der Waals surface area contributed by atoms with Gasteiger partial charge >= 0.3 is 0 Å². The summed E-state index contributed by atoms with van der Waals surface area (Å²) in [6.07, 6.45) is 3.91. The molecule has 1 aliphatic heterocycles. The summed E-state index contributed by atoms with van der Waals surface area (Å²) in [6.45, 7) is 2.09. The van der Waals surface area contributed by atoms with Crippen LogP contribution in [0.1, 0.15) is 28.9 Å². The molecule has 5 heteroatoms. The second kappa shape index (κ2) is 7.64. The summed E-state index contributed by atoms with van der Waals surface area (Å²) >= 11 is 0. The number of aromatic nitrogens is 1. The van der Waals surface area contributed by atoms with E-state index in [9.17, 15) is 9.90 Å². The Kier molecular flexibility index (Phi) is 5.33. The number of rotatable bonds is 6. The Morgan fingerprint density at radius 1 is 1.17 bits per heavy atom. The van der Waals surface area contributed by atoms with Gasteiger partial charge in [0.05, 0.1) is 5.60 Å². The Morgan fingerprint density at radius 3 is 2.67 bits per heavy atom. The quantitative estimate of drug-likeness (QED) is 0.852. The number of hydrogen-bond donors (Lipinski definition) is 2. The smallest absolute Gasteiger partial charge is 0.268 e. The fourth-order valence-corrected chi connectivity index (χ4v) is 2.97. The van der Waals surface area contributed by atoms with Crippen LogP contribution in [0.15, 0.2) is 48.7 Å². The molecule has 1 aromatic heterocycles. The lowest BCUT2D eigenvalue weighted by atomic mass is 9.94. The lowest BCUT2D eigenvalue weighted by Gasteiger charge is -2.32. The van der Waals surface area contributed by atoms with Gasteiger partial charge in [0, 0.05) is 45.3 Å². The third-order valence-electron chi connectivity index (χ3n) is 4.55. The van der Waals surface area contributed by atoms with E-state index in [1.54, 1.807) is 0 Å². The molecule has 1 amide bonds. The minimum Gasteiger partial charge on any atom is -0.388 e. The molecule has 0 spiro atoms. The highest BCUT2D eigenvalue weighted by Gasteiger charge is 2.30. The van der Waals surface area contributed by atoms with Crippen molar-refractivity contribution in [1.82, 2.24) is 9.88 Å². The Bertz CT molecular complexity index is 660. The van der Waals surface area contributed by atoms with Crippen LogP contribution in [0.25, 0.3) is 0 Å². The number of ether oxygens (including phenoxy) is 1. The molecule has 1 fully saturated rings. The summed E-state index contributed by atoms with van der Waals surface area (Å²) in [6, 6.07) is 13.9. The van der Waals surface area contributed by atoms with Gasteiger partial charge in [-0.05, 0) is 24.1 Å². The number of aliphatic hydroxyl groups is 1. The first-order valence-electron chi connectivity index (χ1n) is 8.44. The zero-order valence-electron chi connectivity index (χ0n) is 13.8. The van der Waals surface area contributed by atoms with Gasteiger partial charge in [0.1, 0.15) is 5.69 Å². The first-order chi connectivity index (χ1) is 11.7. The molecular formula is C19H24N2O3. The average Bonchev–Trinajstić information content (AvgIpc) is 3.08. The standard InChI is InChI=1S/C19H24N2O3/c22-18(20-15-19(23)9-13-24-14-10-19)17-7-4-11-21(17)12-8-16-5-2-1-3-6-16/h1-7,11,23H,8-10,12-15H2,(H,20,22). The molecule has 0 saturated carbocycles. The lowest BCUT2D eigenvalue weighted by molar-refractivity contribution is -0.0605. The lowest BCUT2D eigenvalue weighted by Crippen LogP contribution is -2.46. The molecule has 0 atom stereocenters. The number of hydrogen-bond acceptors (Lipinski definition) is 3. The van der Waals surface area contributed by atoms with Crippen molar-refractivity contribution in [3.8, 4) is 0 Å². The fraction of sp³-hybridized carbons (Fsp3) is 0.421. The zero-order valence-corrected chi connectivity index (χ0v) is 13.8. The Morgan fingerprint density at radius 2 is 1.92 bits per heavy atom. The number of amides is 1. The largest absolute Gasteiger partial charge is 0.388 e. The van der Waals surface area contributed by atoms with Crippen LogP contribution in [0.5, 0.6) is 0 Å². The van der Waals surface area contributed by atoms with Crippen LogP contribution in [0.2, 0.25) is 0 Å². The van der Waals surface area contributed by atoms with E-state index in [1.165, 1.54) is 5.56 Å². The normalized spacial score (nSPS) is 16.7. The van der Waals surface area contributed by atoms with E-state index in [0.717, 1.165) is 13.0 Å². The Hall–Kier alpha value is -2.11. The Labute approximate surface area is 142 Å². The van der Waals surface area contributed by atoms with Gasteiger partial charge in [-0.25, -0.2) is 0 Å². The van der Waals surface area contributed by atoms with Gasteiger partial charge in [-0.3, -0.25) is 4.79 Å². The molecular weight excluding hydrogens is 304 g/mol. The van der Waals surface area contributed by atoms with Gasteiger partial charge < -0.3 is 19.7 Å². The summed E-state index contributed by atoms with van der Waals surface area (Å²) in [4.78, 5) is 12.4. The SMILES string of the molecule is O=C(NCC1(O)CCOCC1)c1cccn1CCc1ccccc1. The van der Waals surface area contributed by atoms with Crippen molar-refractivity contribution < 1.29 is 14.6 Å². The highest BCUT2D eigenvalue weighted by molar-refractivity contribution is 5.92. The predicted molar refractivity (Wildman–Crippen MR) is 91.9 cm³/mol. The van der Waals surface area contributed by atoms with Crippen LogP contribution in [0.3, 0.4) is 0 Å². The Balaban J connectivity index is 1.56. The fourth-order valence-electron chi connectivity index (χ4n) is 2.97. The van der Waals surface area contributed by atoms with Crippen LogP contribution in [-0.4, -0.2) is 40.9 Å². The number of benzene rings is 1. The van der Waals surface area contributed by atoms with Crippen LogP contribution < -0.4 is 5.32 Å². The van der Waals surface area contributed by atoms with Crippen molar-refractivity contribution in [3.05, 3.63) is 59.9 Å². The molecule has 1 aliphatic rings. The maximum atomic E-state index is 12.4. The van der Waals surface area contributed by atoms with E-state index in [-0.39, 0.29) is 12.5 Å². The monoisotopic (exact) mass is 328 g/mol. The number of nitrogens with one attached hydrogen (secondary N) is 1. The van der Waals surface area contributed by atoms with Gasteiger partial charge in [0.15, 0.2) is 0 Å². The van der Waals surface area contributed by atoms with Crippen LogP contribution in [0.4, 0.5) is 0 Å². The van der Waals surface area contributed by atoms with Crippen molar-refractivity contribution in [3.63, 3.8) is 0 Å². The molecule has 0 bridgehead atoms. The number of carbonyl (C=O) groups is 1. The zero-order chi connectivity index (χ0) is 16.8. The average molecular weight is 328 g/mol. The first kappa shape index (κ1) is 16.7. The molecule has 1 aromatic carbocycles. The molecule has 0 radical (unpaired) electrons. The second-order valence-electron chi connectivity index (χ2n) is 6.34. The van der Waals surface area contributed by atoms with E-state index >= 15 is 0 Å². The molecule has 3 rings (SSSR count). The van der Waals surface area contributed by atoms with Crippen LogP contribution >= 0.6 is 0 Å². The highest BCUT2D eigenvalue weighted by atomic mass is 16.5. The van der Waals surface area contributed by atoms with E-state index in [4.69, 9.17) is 4.74 Å². The summed E-state index contributed by atoms with van der Waals surface area (Å²) in [5.41, 5.74) is 1.02. The highest BCUT2D eigenvalue weighted by Crippen LogP contribution is 2.19. The van der Waals surface area contributed by atoms with E-state index in [2.05, 4.69) is 17.4 Å². The van der Waals surface area contributed by atoms with E-state index in [1.807, 2.05) is 41.1 Å². The molecule has 0 aliphatic carbocycles. The summed E-state index contributed by atoms with van der Waals surface area (Å²) in [5, 5.41) is 13.3. The van der Waals surface area contributed by atoms with Crippen molar-refractivity contribution >= 4 is 5.91 Å². The molecule has 0 unspecified atom stereocenters. The third-order valence-corrected chi connectivity index (χ3v) is 4.55. The van der Waals surface area contributed by atoms with Crippen molar-refractivity contribution in [2.24, 2.45) is 0 Å². The molecule has 1 saturated heterocycles. The summed E-state index contributed by atoms with van der Waals surface area (Å²) in [7, 11) is 0. The minimum absolute atomic E-state index is 0.145. The maximum Gasteiger partial charge on any atom is 0.268 e. The second-order valence-corrected chi connectivity index (χ2v) is 6.34. The van der Waals surface area contributed by atoms with Gasteiger partial charge in [0.25, 0.3) is 5.91 Å². The number of aryl methyl sites for hydroxylation is 2.